The lowest BCUT2D eigenvalue weighted by atomic mass is 10.1. The summed E-state index contributed by atoms with van der Waals surface area (Å²) in [5.41, 5.74) is 4.22. The monoisotopic (exact) mass is 330 g/mol. The number of pyridine rings is 1. The number of hydrogen-bond donors (Lipinski definition) is 0. The van der Waals surface area contributed by atoms with E-state index in [-0.39, 0.29) is 0 Å². The molecule has 0 aliphatic heterocycles. The fourth-order valence-corrected chi connectivity index (χ4v) is 2.54. The Morgan fingerprint density at radius 3 is 2.75 bits per heavy atom. The lowest BCUT2D eigenvalue weighted by molar-refractivity contribution is 0.307. The van der Waals surface area contributed by atoms with E-state index >= 15 is 0 Å². The van der Waals surface area contributed by atoms with Crippen LogP contribution in [0, 0.1) is 13.8 Å². The smallest absolute Gasteiger partial charge is 0.180 e. The van der Waals surface area contributed by atoms with Crippen LogP contribution in [0.5, 0.6) is 5.75 Å². The predicted octanol–water partition coefficient (Wildman–Crippen LogP) is 4.29. The van der Waals surface area contributed by atoms with Crippen LogP contribution in [0.15, 0.2) is 47.2 Å². The highest BCUT2D eigenvalue weighted by atomic mass is 79.9. The molecular formula is C16H15BrN2O. The van der Waals surface area contributed by atoms with Gasteiger partial charge in [-0.05, 0) is 53.0 Å². The molecule has 1 aromatic carbocycles. The Balaban J connectivity index is 1.92. The van der Waals surface area contributed by atoms with E-state index in [9.17, 15) is 0 Å². The second kappa shape index (κ2) is 5.29. The standard InChI is InChI=1S/C16H15BrN2O/c1-11-6-3-4-7-13(11)10-20-14-8-5-9-19-15(17)12(2)18-16(14)19/h3-9H,10H2,1-2H3. The van der Waals surface area contributed by atoms with Gasteiger partial charge < -0.3 is 4.74 Å². The van der Waals surface area contributed by atoms with E-state index in [1.54, 1.807) is 0 Å². The molecule has 0 unspecified atom stereocenters. The van der Waals surface area contributed by atoms with E-state index in [1.807, 2.05) is 41.8 Å². The zero-order valence-electron chi connectivity index (χ0n) is 11.4. The summed E-state index contributed by atoms with van der Waals surface area (Å²) >= 11 is 3.54. The van der Waals surface area contributed by atoms with Crippen molar-refractivity contribution in [1.82, 2.24) is 9.38 Å². The van der Waals surface area contributed by atoms with Gasteiger partial charge >= 0.3 is 0 Å². The molecule has 0 saturated carbocycles. The van der Waals surface area contributed by atoms with Crippen LogP contribution in [0.4, 0.5) is 0 Å². The molecule has 3 aromatic rings. The highest BCUT2D eigenvalue weighted by Gasteiger charge is 2.10. The Kier molecular flexibility index (Phi) is 3.49. The zero-order valence-corrected chi connectivity index (χ0v) is 13.0. The zero-order chi connectivity index (χ0) is 14.1. The molecular weight excluding hydrogens is 316 g/mol. The maximum Gasteiger partial charge on any atom is 0.180 e. The largest absolute Gasteiger partial charge is 0.485 e. The third-order valence-electron chi connectivity index (χ3n) is 3.36. The van der Waals surface area contributed by atoms with Crippen LogP contribution >= 0.6 is 15.9 Å². The normalized spacial score (nSPS) is 10.9. The lowest BCUT2D eigenvalue weighted by Crippen LogP contribution is -1.99. The van der Waals surface area contributed by atoms with Gasteiger partial charge in [0.2, 0.25) is 0 Å². The first-order valence-corrected chi connectivity index (χ1v) is 7.26. The quantitative estimate of drug-likeness (QED) is 0.716. The van der Waals surface area contributed by atoms with E-state index in [0.717, 1.165) is 21.7 Å². The number of imidazole rings is 1. The average molecular weight is 331 g/mol. The summed E-state index contributed by atoms with van der Waals surface area (Å²) in [5.74, 6) is 0.796. The molecule has 0 saturated heterocycles. The molecule has 102 valence electrons. The Labute approximate surface area is 126 Å². The van der Waals surface area contributed by atoms with Crippen molar-refractivity contribution in [2.45, 2.75) is 20.5 Å². The van der Waals surface area contributed by atoms with Crippen molar-refractivity contribution < 1.29 is 4.74 Å². The number of fused-ring (bicyclic) bond motifs is 1. The number of hydrogen-bond acceptors (Lipinski definition) is 2. The fourth-order valence-electron chi connectivity index (χ4n) is 2.17. The Morgan fingerprint density at radius 2 is 1.95 bits per heavy atom. The number of rotatable bonds is 3. The average Bonchev–Trinajstić information content (AvgIpc) is 2.74. The van der Waals surface area contributed by atoms with Crippen LogP contribution in [0.25, 0.3) is 5.65 Å². The summed E-state index contributed by atoms with van der Waals surface area (Å²) in [6, 6.07) is 12.2. The summed E-state index contributed by atoms with van der Waals surface area (Å²) in [6.07, 6.45) is 1.97. The highest BCUT2D eigenvalue weighted by molar-refractivity contribution is 9.10. The minimum atomic E-state index is 0.551. The summed E-state index contributed by atoms with van der Waals surface area (Å²) < 4.78 is 8.91. The van der Waals surface area contributed by atoms with E-state index in [4.69, 9.17) is 4.74 Å². The van der Waals surface area contributed by atoms with Crippen molar-refractivity contribution in [2.75, 3.05) is 0 Å². The van der Waals surface area contributed by atoms with E-state index < -0.39 is 0 Å². The molecule has 2 aromatic heterocycles. The molecule has 2 heterocycles. The molecule has 0 fully saturated rings. The Morgan fingerprint density at radius 1 is 1.15 bits per heavy atom. The SMILES string of the molecule is Cc1ccccc1COc1cccn2c(Br)c(C)nc12. The molecule has 3 nitrogen and oxygen atoms in total. The van der Waals surface area contributed by atoms with Gasteiger partial charge in [0.15, 0.2) is 11.4 Å². The van der Waals surface area contributed by atoms with Crippen molar-refractivity contribution in [3.8, 4) is 5.75 Å². The van der Waals surface area contributed by atoms with Crippen molar-refractivity contribution in [1.29, 1.82) is 0 Å². The van der Waals surface area contributed by atoms with Gasteiger partial charge in [0.05, 0.1) is 5.69 Å². The number of halogens is 1. The molecule has 0 N–H and O–H groups in total. The third kappa shape index (κ3) is 2.31. The van der Waals surface area contributed by atoms with Crippen molar-refractivity contribution in [3.63, 3.8) is 0 Å². The van der Waals surface area contributed by atoms with Crippen LogP contribution in [0.3, 0.4) is 0 Å². The number of aryl methyl sites for hydroxylation is 2. The summed E-state index contributed by atoms with van der Waals surface area (Å²) in [6.45, 7) is 4.62. The third-order valence-corrected chi connectivity index (χ3v) is 4.32. The number of nitrogens with zero attached hydrogens (tertiary/aromatic N) is 2. The molecule has 0 aliphatic carbocycles. The van der Waals surface area contributed by atoms with Gasteiger partial charge in [-0.1, -0.05) is 24.3 Å². The summed E-state index contributed by atoms with van der Waals surface area (Å²) in [7, 11) is 0. The minimum absolute atomic E-state index is 0.551. The molecule has 0 aliphatic rings. The fraction of sp³-hybridized carbons (Fsp3) is 0.188. The second-order valence-corrected chi connectivity index (χ2v) is 5.52. The van der Waals surface area contributed by atoms with Gasteiger partial charge in [-0.3, -0.25) is 4.40 Å². The van der Waals surface area contributed by atoms with Crippen molar-refractivity contribution in [2.24, 2.45) is 0 Å². The molecule has 0 radical (unpaired) electrons. The molecule has 3 rings (SSSR count). The Hall–Kier alpha value is -1.81. The predicted molar refractivity (Wildman–Crippen MR) is 83.1 cm³/mol. The van der Waals surface area contributed by atoms with Gasteiger partial charge in [0.1, 0.15) is 11.2 Å². The summed E-state index contributed by atoms with van der Waals surface area (Å²) in [5, 5.41) is 0. The molecule has 0 amide bonds. The number of benzene rings is 1. The molecule has 20 heavy (non-hydrogen) atoms. The van der Waals surface area contributed by atoms with Gasteiger partial charge in [-0.15, -0.1) is 0 Å². The van der Waals surface area contributed by atoms with Crippen LogP contribution in [-0.4, -0.2) is 9.38 Å². The van der Waals surface area contributed by atoms with Crippen molar-refractivity contribution >= 4 is 21.6 Å². The van der Waals surface area contributed by atoms with Crippen LogP contribution < -0.4 is 4.74 Å². The molecule has 4 heteroatoms. The van der Waals surface area contributed by atoms with Gasteiger partial charge in [0.25, 0.3) is 0 Å². The van der Waals surface area contributed by atoms with E-state index in [1.165, 1.54) is 11.1 Å². The topological polar surface area (TPSA) is 26.5 Å². The molecule has 0 atom stereocenters. The van der Waals surface area contributed by atoms with E-state index in [0.29, 0.717) is 6.61 Å². The van der Waals surface area contributed by atoms with Gasteiger partial charge in [0, 0.05) is 6.20 Å². The molecule has 0 bridgehead atoms. The lowest BCUT2D eigenvalue weighted by Gasteiger charge is -2.09. The first-order chi connectivity index (χ1) is 9.66. The Bertz CT molecular complexity index is 764. The highest BCUT2D eigenvalue weighted by Crippen LogP contribution is 2.25. The number of aromatic nitrogens is 2. The maximum atomic E-state index is 5.95. The first-order valence-electron chi connectivity index (χ1n) is 6.47. The van der Waals surface area contributed by atoms with E-state index in [2.05, 4.69) is 40.0 Å². The van der Waals surface area contributed by atoms with Gasteiger partial charge in [-0.25, -0.2) is 4.98 Å². The summed E-state index contributed by atoms with van der Waals surface area (Å²) in [4.78, 5) is 4.54. The van der Waals surface area contributed by atoms with Gasteiger partial charge in [-0.2, -0.15) is 0 Å². The molecule has 0 spiro atoms. The first kappa shape index (κ1) is 13.2. The minimum Gasteiger partial charge on any atom is -0.485 e. The van der Waals surface area contributed by atoms with Crippen molar-refractivity contribution in [3.05, 3.63) is 64.0 Å². The number of ether oxygens (including phenoxy) is 1. The van der Waals surface area contributed by atoms with Crippen LogP contribution in [0.1, 0.15) is 16.8 Å². The van der Waals surface area contributed by atoms with Crippen LogP contribution in [0.2, 0.25) is 0 Å². The second-order valence-electron chi connectivity index (χ2n) is 4.77. The maximum absolute atomic E-state index is 5.95. The van der Waals surface area contributed by atoms with Crippen LogP contribution in [-0.2, 0) is 6.61 Å².